The van der Waals surface area contributed by atoms with Crippen LogP contribution < -0.4 is 11.5 Å². The normalized spacial score (nSPS) is 12.0. The lowest BCUT2D eigenvalue weighted by Crippen LogP contribution is -2.18. The quantitative estimate of drug-likeness (QED) is 0.265. The summed E-state index contributed by atoms with van der Waals surface area (Å²) in [7, 11) is 0. The Kier molecular flexibility index (Phi) is 8.78. The van der Waals surface area contributed by atoms with E-state index in [9.17, 15) is 9.59 Å². The van der Waals surface area contributed by atoms with Crippen LogP contribution in [-0.2, 0) is 19.1 Å². The zero-order valence-corrected chi connectivity index (χ0v) is 11.1. The summed E-state index contributed by atoms with van der Waals surface area (Å²) in [6.45, 7) is 6.81. The van der Waals surface area contributed by atoms with Crippen molar-refractivity contribution in [3.63, 3.8) is 0 Å². The molecule has 0 spiro atoms. The molecule has 0 bridgehead atoms. The van der Waals surface area contributed by atoms with Gasteiger partial charge in [-0.1, -0.05) is 25.3 Å². The molecule has 20 heavy (non-hydrogen) atoms. The average Bonchev–Trinajstić information content (AvgIpc) is 2.39. The minimum absolute atomic E-state index is 0.0638. The Morgan fingerprint density at radius 3 is 2.20 bits per heavy atom. The smallest absolute Gasteiger partial charge is 0.255 e. The number of rotatable bonds is 10. The van der Waals surface area contributed by atoms with E-state index in [4.69, 9.17) is 20.9 Å². The molecule has 1 amide bonds. The Hall–Kier alpha value is -2.76. The lowest BCUT2D eigenvalue weighted by molar-refractivity contribution is -0.121. The van der Waals surface area contributed by atoms with Gasteiger partial charge < -0.3 is 20.9 Å². The molecule has 0 heterocycles. The number of primary amides is 1. The predicted molar refractivity (Wildman–Crippen MR) is 76.0 cm³/mol. The number of hydrogen-bond donors (Lipinski definition) is 2. The Balaban J connectivity index is 5.08. The maximum Gasteiger partial charge on any atom is 0.255 e. The van der Waals surface area contributed by atoms with Crippen LogP contribution >= 0.6 is 0 Å². The Bertz CT molecular complexity index is 462. The van der Waals surface area contributed by atoms with Crippen LogP contribution in [0.2, 0.25) is 0 Å². The van der Waals surface area contributed by atoms with Crippen molar-refractivity contribution < 1.29 is 19.1 Å². The SMILES string of the molecule is C=C\C(OCC(N)=O)=C(/C=C/C=C/C=O)OCC(=C)N. The van der Waals surface area contributed by atoms with Crippen molar-refractivity contribution in [3.8, 4) is 0 Å². The van der Waals surface area contributed by atoms with Crippen molar-refractivity contribution in [1.29, 1.82) is 0 Å². The summed E-state index contributed by atoms with van der Waals surface area (Å²) in [5.41, 5.74) is 10.7. The van der Waals surface area contributed by atoms with E-state index in [2.05, 4.69) is 13.2 Å². The third-order valence-electron chi connectivity index (χ3n) is 1.76. The van der Waals surface area contributed by atoms with Gasteiger partial charge in [-0.2, -0.15) is 0 Å². The largest absolute Gasteiger partial charge is 0.484 e. The maximum atomic E-state index is 10.7. The predicted octanol–water partition coefficient (Wildman–Crippen LogP) is 0.686. The van der Waals surface area contributed by atoms with Gasteiger partial charge in [0.25, 0.3) is 5.91 Å². The Morgan fingerprint density at radius 2 is 1.70 bits per heavy atom. The lowest BCUT2D eigenvalue weighted by atomic mass is 10.3. The number of aldehydes is 1. The summed E-state index contributed by atoms with van der Waals surface area (Å²) in [5, 5.41) is 0. The van der Waals surface area contributed by atoms with Gasteiger partial charge in [-0.25, -0.2) is 0 Å². The highest BCUT2D eigenvalue weighted by atomic mass is 16.5. The van der Waals surface area contributed by atoms with Gasteiger partial charge in [0.2, 0.25) is 0 Å². The second kappa shape index (κ2) is 10.2. The van der Waals surface area contributed by atoms with Crippen molar-refractivity contribution in [2.75, 3.05) is 13.2 Å². The third-order valence-corrected chi connectivity index (χ3v) is 1.76. The summed E-state index contributed by atoms with van der Waals surface area (Å²) in [6, 6.07) is 0. The van der Waals surface area contributed by atoms with E-state index in [-0.39, 0.29) is 24.7 Å². The van der Waals surface area contributed by atoms with Crippen molar-refractivity contribution in [3.05, 3.63) is 60.8 Å². The second-order valence-electron chi connectivity index (χ2n) is 3.51. The van der Waals surface area contributed by atoms with Crippen molar-refractivity contribution in [2.24, 2.45) is 11.5 Å². The van der Waals surface area contributed by atoms with Crippen LogP contribution in [0.3, 0.4) is 0 Å². The third kappa shape index (κ3) is 8.35. The molecule has 0 saturated heterocycles. The zero-order chi connectivity index (χ0) is 15.4. The molecule has 6 nitrogen and oxygen atoms in total. The summed E-state index contributed by atoms with van der Waals surface area (Å²) in [6.07, 6.45) is 7.89. The number of carbonyl (C=O) groups is 2. The highest BCUT2D eigenvalue weighted by Crippen LogP contribution is 2.12. The number of amides is 1. The van der Waals surface area contributed by atoms with Crippen molar-refractivity contribution in [2.45, 2.75) is 0 Å². The van der Waals surface area contributed by atoms with Crippen LogP contribution in [0, 0.1) is 0 Å². The summed E-state index contributed by atoms with van der Waals surface area (Å²) in [5.74, 6) is -0.124. The van der Waals surface area contributed by atoms with Crippen LogP contribution in [0.4, 0.5) is 0 Å². The molecule has 0 rings (SSSR count). The van der Waals surface area contributed by atoms with Crippen LogP contribution in [-0.4, -0.2) is 25.4 Å². The first-order valence-corrected chi connectivity index (χ1v) is 5.63. The van der Waals surface area contributed by atoms with Crippen LogP contribution in [0.5, 0.6) is 0 Å². The van der Waals surface area contributed by atoms with Crippen LogP contribution in [0.25, 0.3) is 0 Å². The molecule has 4 N–H and O–H groups in total. The van der Waals surface area contributed by atoms with E-state index in [0.29, 0.717) is 12.0 Å². The molecule has 0 aliphatic rings. The molecule has 0 aromatic heterocycles. The first kappa shape index (κ1) is 17.2. The van der Waals surface area contributed by atoms with E-state index in [1.54, 1.807) is 6.08 Å². The Morgan fingerprint density at radius 1 is 1.05 bits per heavy atom. The van der Waals surface area contributed by atoms with E-state index in [0.717, 1.165) is 0 Å². The second-order valence-corrected chi connectivity index (χ2v) is 3.51. The fourth-order valence-corrected chi connectivity index (χ4v) is 1.00. The van der Waals surface area contributed by atoms with Crippen molar-refractivity contribution >= 4 is 12.2 Å². The molecule has 0 atom stereocenters. The molecule has 0 aliphatic carbocycles. The molecule has 0 aromatic rings. The van der Waals surface area contributed by atoms with E-state index < -0.39 is 5.91 Å². The molecular formula is C14H18N2O4. The number of allylic oxidation sites excluding steroid dienone is 5. The van der Waals surface area contributed by atoms with E-state index in [1.165, 1.54) is 24.3 Å². The monoisotopic (exact) mass is 278 g/mol. The molecular weight excluding hydrogens is 260 g/mol. The molecule has 0 saturated carbocycles. The molecule has 0 aromatic carbocycles. The summed E-state index contributed by atoms with van der Waals surface area (Å²) in [4.78, 5) is 20.9. The first-order valence-electron chi connectivity index (χ1n) is 5.63. The standard InChI is InChI=1S/C14H18N2O4/c1-3-12(20-10-14(16)18)13(19-9-11(2)15)7-5-4-6-8-17/h3-8H,1-2,9-10,15H2,(H2,16,18)/b6-4+,7-5+,13-12-. The lowest BCUT2D eigenvalue weighted by Gasteiger charge is -2.11. The van der Waals surface area contributed by atoms with Gasteiger partial charge in [0, 0.05) is 5.70 Å². The van der Waals surface area contributed by atoms with Crippen LogP contribution in [0.15, 0.2) is 60.8 Å². The van der Waals surface area contributed by atoms with Gasteiger partial charge in [0.15, 0.2) is 18.1 Å². The summed E-state index contributed by atoms with van der Waals surface area (Å²) < 4.78 is 10.5. The molecule has 0 fully saturated rings. The topological polar surface area (TPSA) is 105 Å². The fourth-order valence-electron chi connectivity index (χ4n) is 1.00. The van der Waals surface area contributed by atoms with Gasteiger partial charge in [-0.15, -0.1) is 0 Å². The van der Waals surface area contributed by atoms with Gasteiger partial charge in [-0.05, 0) is 18.2 Å². The van der Waals surface area contributed by atoms with Gasteiger partial charge in [0.05, 0.1) is 0 Å². The zero-order valence-electron chi connectivity index (χ0n) is 11.1. The fraction of sp³-hybridized carbons (Fsp3) is 0.143. The maximum absolute atomic E-state index is 10.7. The van der Waals surface area contributed by atoms with Gasteiger partial charge in [0.1, 0.15) is 12.9 Å². The number of nitrogens with two attached hydrogens (primary N) is 2. The Labute approximate surface area is 117 Å². The van der Waals surface area contributed by atoms with Crippen LogP contribution in [0.1, 0.15) is 0 Å². The minimum atomic E-state index is -0.628. The molecule has 6 heteroatoms. The van der Waals surface area contributed by atoms with Gasteiger partial charge >= 0.3 is 0 Å². The minimum Gasteiger partial charge on any atom is -0.484 e. The van der Waals surface area contributed by atoms with E-state index >= 15 is 0 Å². The van der Waals surface area contributed by atoms with E-state index in [1.807, 2.05) is 0 Å². The average molecular weight is 278 g/mol. The first-order chi connectivity index (χ1) is 9.51. The summed E-state index contributed by atoms with van der Waals surface area (Å²) >= 11 is 0. The number of hydrogen-bond acceptors (Lipinski definition) is 5. The van der Waals surface area contributed by atoms with Gasteiger partial charge in [-0.3, -0.25) is 9.59 Å². The highest BCUT2D eigenvalue weighted by Gasteiger charge is 2.06. The molecule has 0 radical (unpaired) electrons. The molecule has 0 unspecified atom stereocenters. The molecule has 108 valence electrons. The number of ether oxygens (including phenoxy) is 2. The number of carbonyl (C=O) groups excluding carboxylic acids is 2. The highest BCUT2D eigenvalue weighted by molar-refractivity contribution is 5.75. The van der Waals surface area contributed by atoms with Crippen molar-refractivity contribution in [1.82, 2.24) is 0 Å². The molecule has 0 aliphatic heterocycles.